The van der Waals surface area contributed by atoms with E-state index in [9.17, 15) is 4.79 Å². The maximum absolute atomic E-state index is 13.4. The summed E-state index contributed by atoms with van der Waals surface area (Å²) in [6, 6.07) is 18.2. The number of fused-ring (bicyclic) bond motifs is 2. The van der Waals surface area contributed by atoms with Crippen molar-refractivity contribution in [1.29, 1.82) is 0 Å². The van der Waals surface area contributed by atoms with Gasteiger partial charge in [0.1, 0.15) is 18.3 Å². The third kappa shape index (κ3) is 4.67. The van der Waals surface area contributed by atoms with Crippen molar-refractivity contribution in [1.82, 2.24) is 14.1 Å². The summed E-state index contributed by atoms with van der Waals surface area (Å²) in [5.74, 6) is -0.756. The van der Waals surface area contributed by atoms with Crippen molar-refractivity contribution in [3.8, 4) is 0 Å². The molecule has 9 heteroatoms. The van der Waals surface area contributed by atoms with Gasteiger partial charge in [0, 0.05) is 0 Å². The fraction of sp³-hybridized carbons (Fsp3) is 0.414. The number of hydrogen-bond donors (Lipinski definition) is 0. The fourth-order valence-corrected chi connectivity index (χ4v) is 5.34. The molecule has 2 aliphatic rings. The Balaban J connectivity index is 1.26. The quantitative estimate of drug-likeness (QED) is 0.351. The summed E-state index contributed by atoms with van der Waals surface area (Å²) < 4.78 is 30.4. The van der Waals surface area contributed by atoms with Gasteiger partial charge < -0.3 is 18.9 Å². The lowest BCUT2D eigenvalue weighted by Gasteiger charge is -2.23. The first-order valence-corrected chi connectivity index (χ1v) is 12.9. The molecule has 0 aliphatic carbocycles. The van der Waals surface area contributed by atoms with Crippen molar-refractivity contribution in [3.63, 3.8) is 0 Å². The summed E-state index contributed by atoms with van der Waals surface area (Å²) in [7, 11) is 1.85. The molecule has 198 valence electrons. The van der Waals surface area contributed by atoms with E-state index in [1.54, 1.807) is 15.5 Å². The van der Waals surface area contributed by atoms with Crippen molar-refractivity contribution < 1.29 is 23.5 Å². The molecule has 2 saturated heterocycles. The van der Waals surface area contributed by atoms with E-state index in [-0.39, 0.29) is 23.9 Å². The van der Waals surface area contributed by atoms with Gasteiger partial charge in [0.2, 0.25) is 11.7 Å². The third-order valence-corrected chi connectivity index (χ3v) is 7.16. The molecule has 0 unspecified atom stereocenters. The zero-order valence-electron chi connectivity index (χ0n) is 22.1. The fourth-order valence-electron chi connectivity index (χ4n) is 5.34. The van der Waals surface area contributed by atoms with E-state index in [0.29, 0.717) is 30.9 Å². The van der Waals surface area contributed by atoms with Crippen molar-refractivity contribution in [3.05, 3.63) is 94.3 Å². The molecule has 4 heterocycles. The molecule has 4 aromatic rings. The molecule has 0 amide bonds. The average Bonchev–Trinajstić information content (AvgIpc) is 3.51. The lowest BCUT2D eigenvalue weighted by Crippen LogP contribution is -2.46. The van der Waals surface area contributed by atoms with Gasteiger partial charge in [-0.05, 0) is 31.9 Å². The molecule has 0 bridgehead atoms. The van der Waals surface area contributed by atoms with Crippen molar-refractivity contribution >= 4 is 11.2 Å². The Morgan fingerprint density at radius 1 is 1.03 bits per heavy atom. The van der Waals surface area contributed by atoms with Crippen LogP contribution in [0.1, 0.15) is 36.8 Å². The SMILES string of the molecule is Cc1ccc(COC[C@H]2O[C@@H]([n+]3cn(C)c4c(=O)n(Cc5ccccc5)cnc43)[C@@H]3OC(C)(C)O[C@@H]32)cc1. The Hall–Kier alpha value is -3.37. The number of rotatable bonds is 7. The summed E-state index contributed by atoms with van der Waals surface area (Å²) >= 11 is 0. The van der Waals surface area contributed by atoms with Crippen molar-refractivity contribution in [2.24, 2.45) is 7.05 Å². The zero-order chi connectivity index (χ0) is 26.4. The predicted octanol–water partition coefficient (Wildman–Crippen LogP) is 3.01. The minimum absolute atomic E-state index is 0.114. The second kappa shape index (κ2) is 9.74. The van der Waals surface area contributed by atoms with E-state index in [2.05, 4.69) is 36.2 Å². The van der Waals surface area contributed by atoms with Crippen LogP contribution >= 0.6 is 0 Å². The van der Waals surface area contributed by atoms with Gasteiger partial charge in [0.25, 0.3) is 5.56 Å². The predicted molar refractivity (Wildman–Crippen MR) is 139 cm³/mol. The number of imidazole rings is 1. The summed E-state index contributed by atoms with van der Waals surface area (Å²) in [6.45, 7) is 7.16. The van der Waals surface area contributed by atoms with Crippen LogP contribution in [0.5, 0.6) is 0 Å². The van der Waals surface area contributed by atoms with E-state index in [4.69, 9.17) is 18.9 Å². The zero-order valence-corrected chi connectivity index (χ0v) is 22.1. The van der Waals surface area contributed by atoms with Gasteiger partial charge in [-0.15, -0.1) is 0 Å². The van der Waals surface area contributed by atoms with Crippen LogP contribution in [-0.2, 0) is 39.1 Å². The Morgan fingerprint density at radius 3 is 2.53 bits per heavy atom. The van der Waals surface area contributed by atoms with Crippen LogP contribution < -0.4 is 10.1 Å². The largest absolute Gasteiger partial charge is 0.374 e. The van der Waals surface area contributed by atoms with Gasteiger partial charge in [-0.1, -0.05) is 65.1 Å². The Bertz CT molecular complexity index is 1500. The first kappa shape index (κ1) is 24.9. The number of nitrogens with zero attached hydrogens (tertiary/aromatic N) is 4. The molecule has 2 aromatic carbocycles. The third-order valence-electron chi connectivity index (χ3n) is 7.16. The van der Waals surface area contributed by atoms with E-state index >= 15 is 0 Å². The first-order valence-electron chi connectivity index (χ1n) is 12.9. The number of benzene rings is 2. The number of hydrogen-bond acceptors (Lipinski definition) is 6. The highest BCUT2D eigenvalue weighted by atomic mass is 16.8. The van der Waals surface area contributed by atoms with Crippen LogP contribution in [0.4, 0.5) is 0 Å². The molecule has 6 rings (SSSR count). The summed E-state index contributed by atoms with van der Waals surface area (Å²) in [5.41, 5.74) is 4.28. The highest BCUT2D eigenvalue weighted by Crippen LogP contribution is 2.41. The molecule has 4 atom stereocenters. The number of ether oxygens (including phenoxy) is 4. The maximum Gasteiger partial charge on any atom is 0.311 e. The lowest BCUT2D eigenvalue weighted by atomic mass is 10.1. The van der Waals surface area contributed by atoms with Crippen molar-refractivity contribution in [2.45, 2.75) is 64.2 Å². The Labute approximate surface area is 221 Å². The smallest absolute Gasteiger partial charge is 0.311 e. The van der Waals surface area contributed by atoms with E-state index in [1.165, 1.54) is 5.56 Å². The molecule has 38 heavy (non-hydrogen) atoms. The second-order valence-corrected chi connectivity index (χ2v) is 10.6. The molecule has 0 spiro atoms. The van der Waals surface area contributed by atoms with Crippen LogP contribution in [0.3, 0.4) is 0 Å². The van der Waals surface area contributed by atoms with Crippen LogP contribution in [0.25, 0.3) is 11.2 Å². The molecule has 0 N–H and O–H groups in total. The number of aromatic nitrogens is 4. The Kier molecular flexibility index (Phi) is 6.39. The molecule has 2 aliphatic heterocycles. The van der Waals surface area contributed by atoms with E-state index in [1.807, 2.05) is 62.1 Å². The van der Waals surface area contributed by atoms with Gasteiger partial charge in [-0.3, -0.25) is 13.9 Å². The van der Waals surface area contributed by atoms with Gasteiger partial charge in [0.05, 0.1) is 26.8 Å². The lowest BCUT2D eigenvalue weighted by molar-refractivity contribution is -0.746. The second-order valence-electron chi connectivity index (χ2n) is 10.6. The maximum atomic E-state index is 13.4. The molecular weight excluding hydrogens is 484 g/mol. The number of aryl methyl sites for hydroxylation is 2. The minimum atomic E-state index is -0.756. The van der Waals surface area contributed by atoms with Crippen molar-refractivity contribution in [2.75, 3.05) is 6.61 Å². The van der Waals surface area contributed by atoms with Crippen LogP contribution in [-0.4, -0.2) is 44.8 Å². The minimum Gasteiger partial charge on any atom is -0.374 e. The summed E-state index contributed by atoms with van der Waals surface area (Å²) in [5, 5.41) is 0. The van der Waals surface area contributed by atoms with Gasteiger partial charge in [0.15, 0.2) is 18.4 Å². The highest BCUT2D eigenvalue weighted by molar-refractivity contribution is 5.65. The van der Waals surface area contributed by atoms with Crippen LogP contribution in [0, 0.1) is 6.92 Å². The summed E-state index contributed by atoms with van der Waals surface area (Å²) in [4.78, 5) is 18.1. The van der Waals surface area contributed by atoms with Crippen LogP contribution in [0.2, 0.25) is 0 Å². The molecule has 0 saturated carbocycles. The first-order chi connectivity index (χ1) is 18.3. The average molecular weight is 518 g/mol. The standard InChI is InChI=1S/C29H33N4O5/c1-19-10-12-21(13-11-19)15-35-16-22-24-25(38-29(2,3)37-24)28(36-22)33-18-31(4)23-26(33)30-17-32(27(23)34)14-20-8-6-5-7-9-20/h5-13,17-18,22,24-25,28H,14-16H2,1-4H3/q+1/t22-,24-,25-,28-/m1/s1. The topological polar surface area (TPSA) is 80.6 Å². The van der Waals surface area contributed by atoms with Crippen LogP contribution in [0.15, 0.2) is 72.0 Å². The molecule has 0 radical (unpaired) electrons. The van der Waals surface area contributed by atoms with E-state index in [0.717, 1.165) is 11.1 Å². The Morgan fingerprint density at radius 2 is 1.76 bits per heavy atom. The highest BCUT2D eigenvalue weighted by Gasteiger charge is 2.57. The van der Waals surface area contributed by atoms with Gasteiger partial charge >= 0.3 is 5.65 Å². The molecule has 2 aromatic heterocycles. The molecular formula is C29H33N4O5+. The molecule has 9 nitrogen and oxygen atoms in total. The molecule has 2 fully saturated rings. The normalized spacial score (nSPS) is 24.2. The van der Waals surface area contributed by atoms with E-state index < -0.39 is 12.0 Å². The summed E-state index contributed by atoms with van der Waals surface area (Å²) in [6.07, 6.45) is 1.90. The van der Waals surface area contributed by atoms with Gasteiger partial charge in [-0.2, -0.15) is 0 Å². The van der Waals surface area contributed by atoms with Gasteiger partial charge in [-0.25, -0.2) is 4.57 Å². The monoisotopic (exact) mass is 517 g/mol.